The second kappa shape index (κ2) is 5.46. The molecule has 0 bridgehead atoms. The van der Waals surface area contributed by atoms with Gasteiger partial charge in [-0.05, 0) is 18.6 Å². The van der Waals surface area contributed by atoms with Gasteiger partial charge in [-0.25, -0.2) is 4.68 Å². The predicted molar refractivity (Wildman–Crippen MR) is 83.1 cm³/mol. The topological polar surface area (TPSA) is 56.7 Å². The van der Waals surface area contributed by atoms with E-state index < -0.39 is 0 Å². The summed E-state index contributed by atoms with van der Waals surface area (Å²) in [6.45, 7) is 2.15. The Morgan fingerprint density at radius 3 is 2.70 bits per heavy atom. The highest BCUT2D eigenvalue weighted by Gasteiger charge is 2.18. The molecule has 2 aromatic heterocycles. The van der Waals surface area contributed by atoms with E-state index in [1.807, 2.05) is 46.7 Å². The molecule has 3 aromatic rings. The average molecular weight is 284 g/mol. The van der Waals surface area contributed by atoms with Crippen LogP contribution in [0.4, 0.5) is 5.82 Å². The summed E-state index contributed by atoms with van der Waals surface area (Å²) >= 11 is 1.59. The number of aromatic nitrogens is 3. The van der Waals surface area contributed by atoms with E-state index in [1.165, 1.54) is 0 Å². The van der Waals surface area contributed by atoms with Crippen molar-refractivity contribution in [2.75, 3.05) is 5.73 Å². The molecule has 0 unspecified atom stereocenters. The van der Waals surface area contributed by atoms with Gasteiger partial charge >= 0.3 is 0 Å². The lowest BCUT2D eigenvalue weighted by Crippen LogP contribution is -2.02. The van der Waals surface area contributed by atoms with Crippen LogP contribution >= 0.6 is 11.3 Å². The van der Waals surface area contributed by atoms with Crippen LogP contribution in [0, 0.1) is 0 Å². The van der Waals surface area contributed by atoms with Crippen LogP contribution in [0.1, 0.15) is 18.9 Å². The van der Waals surface area contributed by atoms with Crippen molar-refractivity contribution in [3.8, 4) is 16.3 Å². The quantitative estimate of drug-likeness (QED) is 0.797. The Morgan fingerprint density at radius 2 is 2.05 bits per heavy atom. The molecule has 0 aliphatic rings. The van der Waals surface area contributed by atoms with Crippen molar-refractivity contribution in [1.29, 1.82) is 0 Å². The highest BCUT2D eigenvalue weighted by atomic mass is 32.1. The van der Waals surface area contributed by atoms with Gasteiger partial charge in [0.1, 0.15) is 11.5 Å². The molecule has 0 saturated carbocycles. The molecule has 0 saturated heterocycles. The number of para-hydroxylation sites is 1. The molecule has 0 aliphatic carbocycles. The summed E-state index contributed by atoms with van der Waals surface area (Å²) < 4.78 is 1.82. The zero-order valence-electron chi connectivity index (χ0n) is 11.3. The molecule has 4 nitrogen and oxygen atoms in total. The predicted octanol–water partition coefficient (Wildman–Crippen LogP) is 3.53. The lowest BCUT2D eigenvalue weighted by Gasteiger charge is -2.04. The summed E-state index contributed by atoms with van der Waals surface area (Å²) in [6.07, 6.45) is 3.81. The van der Waals surface area contributed by atoms with Gasteiger partial charge in [0.15, 0.2) is 0 Å². The van der Waals surface area contributed by atoms with E-state index in [1.54, 1.807) is 11.3 Å². The van der Waals surface area contributed by atoms with Crippen molar-refractivity contribution in [3.05, 3.63) is 47.6 Å². The molecule has 0 radical (unpaired) electrons. The first-order valence-corrected chi connectivity index (χ1v) is 7.51. The first-order valence-electron chi connectivity index (χ1n) is 6.63. The van der Waals surface area contributed by atoms with E-state index in [0.29, 0.717) is 0 Å². The first kappa shape index (κ1) is 12.9. The average Bonchev–Trinajstić information content (AvgIpc) is 3.10. The number of nitrogen functional groups attached to an aromatic ring is 1. The summed E-state index contributed by atoms with van der Waals surface area (Å²) in [5.41, 5.74) is 11.2. The minimum absolute atomic E-state index is 0.724. The fourth-order valence-corrected chi connectivity index (χ4v) is 2.89. The highest BCUT2D eigenvalue weighted by Crippen LogP contribution is 2.32. The van der Waals surface area contributed by atoms with Gasteiger partial charge in [-0.2, -0.15) is 5.10 Å². The summed E-state index contributed by atoms with van der Waals surface area (Å²) in [5.74, 6) is 0.724. The number of anilines is 1. The lowest BCUT2D eigenvalue weighted by atomic mass is 10.1. The van der Waals surface area contributed by atoms with Gasteiger partial charge in [-0.15, -0.1) is 11.3 Å². The van der Waals surface area contributed by atoms with Gasteiger partial charge in [0.05, 0.1) is 16.1 Å². The van der Waals surface area contributed by atoms with Gasteiger partial charge in [-0.3, -0.25) is 4.98 Å². The number of benzene rings is 1. The molecule has 2 N–H and O–H groups in total. The fourth-order valence-electron chi connectivity index (χ4n) is 2.26. The maximum absolute atomic E-state index is 6.31. The molecule has 0 amide bonds. The number of hydrogen-bond donors (Lipinski definition) is 1. The van der Waals surface area contributed by atoms with E-state index in [0.717, 1.165) is 40.5 Å². The Kier molecular flexibility index (Phi) is 3.52. The fraction of sp³-hybridized carbons (Fsp3) is 0.200. The molecule has 2 heterocycles. The molecular weight excluding hydrogens is 268 g/mol. The molecule has 0 aliphatic heterocycles. The first-order chi connectivity index (χ1) is 9.81. The van der Waals surface area contributed by atoms with Crippen LogP contribution in [-0.4, -0.2) is 14.8 Å². The Balaban J connectivity index is 2.16. The second-order valence-electron chi connectivity index (χ2n) is 4.58. The number of nitrogens with two attached hydrogens (primary N) is 1. The van der Waals surface area contributed by atoms with Crippen molar-refractivity contribution in [3.63, 3.8) is 0 Å². The normalized spacial score (nSPS) is 10.8. The third kappa shape index (κ3) is 2.20. The van der Waals surface area contributed by atoms with E-state index >= 15 is 0 Å². The SMILES string of the molecule is CCCc1c(-c2cncs2)nn(-c2ccccc2)c1N. The summed E-state index contributed by atoms with van der Waals surface area (Å²) in [7, 11) is 0. The Bertz CT molecular complexity index is 686. The van der Waals surface area contributed by atoms with Gasteiger partial charge < -0.3 is 5.73 Å². The minimum Gasteiger partial charge on any atom is -0.383 e. The van der Waals surface area contributed by atoms with Crippen molar-refractivity contribution in [2.45, 2.75) is 19.8 Å². The van der Waals surface area contributed by atoms with Crippen LogP contribution in [0.15, 0.2) is 42.0 Å². The van der Waals surface area contributed by atoms with Crippen LogP contribution in [0.3, 0.4) is 0 Å². The van der Waals surface area contributed by atoms with Gasteiger partial charge in [-0.1, -0.05) is 31.5 Å². The molecule has 5 heteroatoms. The van der Waals surface area contributed by atoms with Crippen molar-refractivity contribution in [1.82, 2.24) is 14.8 Å². The Labute approximate surface area is 121 Å². The smallest absolute Gasteiger partial charge is 0.131 e. The highest BCUT2D eigenvalue weighted by molar-refractivity contribution is 7.13. The monoisotopic (exact) mass is 284 g/mol. The zero-order chi connectivity index (χ0) is 13.9. The van der Waals surface area contributed by atoms with Gasteiger partial charge in [0.2, 0.25) is 0 Å². The molecule has 0 spiro atoms. The van der Waals surface area contributed by atoms with Crippen molar-refractivity contribution >= 4 is 17.2 Å². The molecule has 3 rings (SSSR count). The maximum atomic E-state index is 6.31. The summed E-state index contributed by atoms with van der Waals surface area (Å²) in [5, 5.41) is 4.70. The standard InChI is InChI=1S/C15H16N4S/c1-2-6-12-14(13-9-17-10-20-13)18-19(15(12)16)11-7-4-3-5-8-11/h3-5,7-10H,2,6,16H2,1H3. The number of nitrogens with zero attached hydrogens (tertiary/aromatic N) is 3. The Hall–Kier alpha value is -2.14. The third-order valence-electron chi connectivity index (χ3n) is 3.19. The minimum atomic E-state index is 0.724. The van der Waals surface area contributed by atoms with E-state index in [4.69, 9.17) is 10.8 Å². The summed E-state index contributed by atoms with van der Waals surface area (Å²) in [6, 6.07) is 9.98. The maximum Gasteiger partial charge on any atom is 0.131 e. The molecular formula is C15H16N4S. The van der Waals surface area contributed by atoms with Crippen LogP contribution in [0.2, 0.25) is 0 Å². The molecule has 102 valence electrons. The second-order valence-corrected chi connectivity index (χ2v) is 5.46. The molecule has 0 fully saturated rings. The van der Waals surface area contributed by atoms with Crippen LogP contribution < -0.4 is 5.73 Å². The molecule has 20 heavy (non-hydrogen) atoms. The third-order valence-corrected chi connectivity index (χ3v) is 3.97. The molecule has 0 atom stereocenters. The lowest BCUT2D eigenvalue weighted by molar-refractivity contribution is 0.892. The number of thiazole rings is 1. The van der Waals surface area contributed by atoms with Crippen molar-refractivity contribution in [2.24, 2.45) is 0 Å². The van der Waals surface area contributed by atoms with E-state index in [9.17, 15) is 0 Å². The summed E-state index contributed by atoms with van der Waals surface area (Å²) in [4.78, 5) is 5.20. The van der Waals surface area contributed by atoms with Gasteiger partial charge in [0, 0.05) is 11.8 Å². The number of rotatable bonds is 4. The van der Waals surface area contributed by atoms with Crippen LogP contribution in [0.5, 0.6) is 0 Å². The molecule has 1 aromatic carbocycles. The number of hydrogen-bond acceptors (Lipinski definition) is 4. The van der Waals surface area contributed by atoms with Gasteiger partial charge in [0.25, 0.3) is 0 Å². The van der Waals surface area contributed by atoms with Crippen LogP contribution in [0.25, 0.3) is 16.3 Å². The van der Waals surface area contributed by atoms with Crippen LogP contribution in [-0.2, 0) is 6.42 Å². The zero-order valence-corrected chi connectivity index (χ0v) is 12.1. The Morgan fingerprint density at radius 1 is 1.25 bits per heavy atom. The largest absolute Gasteiger partial charge is 0.383 e. The van der Waals surface area contributed by atoms with Crippen molar-refractivity contribution < 1.29 is 0 Å². The van der Waals surface area contributed by atoms with E-state index in [-0.39, 0.29) is 0 Å². The van der Waals surface area contributed by atoms with E-state index in [2.05, 4.69) is 11.9 Å².